The summed E-state index contributed by atoms with van der Waals surface area (Å²) in [5.41, 5.74) is 0.509. The van der Waals surface area contributed by atoms with E-state index in [9.17, 15) is 20.0 Å². The number of aromatic hydroxyl groups is 1. The minimum Gasteiger partial charge on any atom is -0.504 e. The first kappa shape index (κ1) is 15.4. The van der Waals surface area contributed by atoms with E-state index >= 15 is 0 Å². The molecule has 0 saturated heterocycles. The number of carbonyl (C=O) groups excluding carboxylic acids is 1. The third kappa shape index (κ3) is 3.00. The molecule has 1 atom stereocenters. The molecule has 1 aliphatic heterocycles. The van der Waals surface area contributed by atoms with E-state index in [-0.39, 0.29) is 23.7 Å². The number of hydrogen-bond donors (Lipinski definition) is 2. The molecule has 9 heteroatoms. The molecule has 1 amide bonds. The molecule has 1 aromatic heterocycles. The number of aromatic nitrogens is 1. The van der Waals surface area contributed by atoms with Crippen molar-refractivity contribution in [1.82, 2.24) is 4.98 Å². The van der Waals surface area contributed by atoms with E-state index in [4.69, 9.17) is 4.84 Å². The second-order valence-corrected chi connectivity index (χ2v) is 4.97. The van der Waals surface area contributed by atoms with Gasteiger partial charge in [0.15, 0.2) is 11.6 Å². The fourth-order valence-electron chi connectivity index (χ4n) is 2.24. The first-order chi connectivity index (χ1) is 11.6. The molecule has 122 valence electrons. The normalized spacial score (nSPS) is 16.2. The number of pyridine rings is 1. The van der Waals surface area contributed by atoms with Crippen molar-refractivity contribution in [1.29, 1.82) is 0 Å². The smallest absolute Gasteiger partial charge is 0.278 e. The molecule has 0 saturated carbocycles. The Morgan fingerprint density at radius 3 is 2.88 bits per heavy atom. The Morgan fingerprint density at radius 1 is 1.33 bits per heavy atom. The van der Waals surface area contributed by atoms with Gasteiger partial charge in [0.25, 0.3) is 11.6 Å². The number of para-hydroxylation sites is 1. The number of hydrogen-bond acceptors (Lipinski definition) is 7. The zero-order chi connectivity index (χ0) is 17.1. The number of nitro benzene ring substituents is 1. The second kappa shape index (κ2) is 6.32. The Morgan fingerprint density at radius 2 is 2.12 bits per heavy atom. The lowest BCUT2D eigenvalue weighted by molar-refractivity contribution is -0.385. The number of anilines is 1. The van der Waals surface area contributed by atoms with Crippen LogP contribution in [0, 0.1) is 10.1 Å². The zero-order valence-corrected chi connectivity index (χ0v) is 12.2. The largest absolute Gasteiger partial charge is 0.504 e. The standard InChI is InChI=1S/C15H12N4O5/c20-12-6-3-7-16-14(12)17-15(21)13-8-10(18-24-13)9-4-1-2-5-11(9)19(22)23/h1-7,13,20H,8H2,(H,16,17,21)/t13-/m0/s1. The van der Waals surface area contributed by atoms with E-state index in [1.165, 1.54) is 24.4 Å². The van der Waals surface area contributed by atoms with Gasteiger partial charge in [0.2, 0.25) is 6.10 Å². The average molecular weight is 328 g/mol. The van der Waals surface area contributed by atoms with Crippen molar-refractivity contribution in [2.75, 3.05) is 5.32 Å². The lowest BCUT2D eigenvalue weighted by Gasteiger charge is -2.09. The van der Waals surface area contributed by atoms with Gasteiger partial charge < -0.3 is 15.3 Å². The molecule has 3 rings (SSSR count). The van der Waals surface area contributed by atoms with Gasteiger partial charge in [0.1, 0.15) is 0 Å². The van der Waals surface area contributed by atoms with E-state index in [2.05, 4.69) is 15.5 Å². The predicted octanol–water partition coefficient (Wildman–Crippen LogP) is 1.83. The summed E-state index contributed by atoms with van der Waals surface area (Å²) in [6, 6.07) is 9.00. The lowest BCUT2D eigenvalue weighted by Crippen LogP contribution is -2.28. The fraction of sp³-hybridized carbons (Fsp3) is 0.133. The molecule has 0 aliphatic carbocycles. The van der Waals surface area contributed by atoms with Crippen molar-refractivity contribution >= 4 is 23.1 Å². The molecule has 9 nitrogen and oxygen atoms in total. The van der Waals surface area contributed by atoms with Gasteiger partial charge >= 0.3 is 0 Å². The Kier molecular flexibility index (Phi) is 4.06. The predicted molar refractivity (Wildman–Crippen MR) is 83.7 cm³/mol. The van der Waals surface area contributed by atoms with Gasteiger partial charge in [-0.1, -0.05) is 17.3 Å². The summed E-state index contributed by atoms with van der Waals surface area (Å²) in [5.74, 6) is -0.727. The second-order valence-electron chi connectivity index (χ2n) is 4.97. The fourth-order valence-corrected chi connectivity index (χ4v) is 2.24. The molecule has 0 radical (unpaired) electrons. The van der Waals surface area contributed by atoms with Gasteiger partial charge in [0, 0.05) is 18.7 Å². The molecule has 0 spiro atoms. The van der Waals surface area contributed by atoms with Crippen LogP contribution in [-0.4, -0.2) is 32.7 Å². The topological polar surface area (TPSA) is 127 Å². The highest BCUT2D eigenvalue weighted by Crippen LogP contribution is 2.26. The van der Waals surface area contributed by atoms with Crippen molar-refractivity contribution in [3.8, 4) is 5.75 Å². The maximum Gasteiger partial charge on any atom is 0.278 e. The highest BCUT2D eigenvalue weighted by Gasteiger charge is 2.32. The van der Waals surface area contributed by atoms with Crippen LogP contribution < -0.4 is 5.32 Å². The number of oxime groups is 1. The van der Waals surface area contributed by atoms with Gasteiger partial charge in [-0.3, -0.25) is 14.9 Å². The summed E-state index contributed by atoms with van der Waals surface area (Å²) < 4.78 is 0. The lowest BCUT2D eigenvalue weighted by atomic mass is 10.0. The van der Waals surface area contributed by atoms with E-state index in [1.54, 1.807) is 18.2 Å². The number of nitro groups is 1. The molecule has 24 heavy (non-hydrogen) atoms. The number of nitrogens with one attached hydrogen (secondary N) is 1. The summed E-state index contributed by atoms with van der Waals surface area (Å²) in [4.78, 5) is 31.6. The number of rotatable bonds is 4. The highest BCUT2D eigenvalue weighted by atomic mass is 16.6. The number of benzene rings is 1. The monoisotopic (exact) mass is 328 g/mol. The molecule has 0 bridgehead atoms. The molecular formula is C15H12N4O5. The summed E-state index contributed by atoms with van der Waals surface area (Å²) in [6.07, 6.45) is 0.533. The Labute approximate surface area is 135 Å². The number of nitrogens with zero attached hydrogens (tertiary/aromatic N) is 3. The summed E-state index contributed by atoms with van der Waals surface area (Å²) in [6.45, 7) is 0. The number of carbonyl (C=O) groups is 1. The van der Waals surface area contributed by atoms with Crippen molar-refractivity contribution in [2.45, 2.75) is 12.5 Å². The highest BCUT2D eigenvalue weighted by molar-refractivity contribution is 6.08. The van der Waals surface area contributed by atoms with Gasteiger partial charge in [0.05, 0.1) is 16.2 Å². The van der Waals surface area contributed by atoms with Crippen LogP contribution in [0.25, 0.3) is 0 Å². The van der Waals surface area contributed by atoms with E-state index < -0.39 is 16.9 Å². The molecular weight excluding hydrogens is 316 g/mol. The van der Waals surface area contributed by atoms with Gasteiger partial charge in [-0.05, 0) is 18.2 Å². The minimum absolute atomic E-state index is 0.00485. The van der Waals surface area contributed by atoms with Gasteiger partial charge in [-0.25, -0.2) is 4.98 Å². The Balaban J connectivity index is 1.72. The summed E-state index contributed by atoms with van der Waals surface area (Å²) in [7, 11) is 0. The first-order valence-corrected chi connectivity index (χ1v) is 6.97. The van der Waals surface area contributed by atoms with Crippen LogP contribution in [0.4, 0.5) is 11.5 Å². The van der Waals surface area contributed by atoms with E-state index in [1.807, 2.05) is 0 Å². The van der Waals surface area contributed by atoms with Crippen LogP contribution in [0.1, 0.15) is 12.0 Å². The van der Waals surface area contributed by atoms with E-state index in [0.29, 0.717) is 11.3 Å². The van der Waals surface area contributed by atoms with Gasteiger partial charge in [-0.2, -0.15) is 0 Å². The van der Waals surface area contributed by atoms with Gasteiger partial charge in [-0.15, -0.1) is 0 Å². The van der Waals surface area contributed by atoms with Crippen molar-refractivity contribution < 1.29 is 19.7 Å². The molecule has 2 N–H and O–H groups in total. The average Bonchev–Trinajstić information content (AvgIpc) is 3.07. The Hall–Kier alpha value is -3.49. The van der Waals surface area contributed by atoms with Crippen LogP contribution in [-0.2, 0) is 9.63 Å². The molecule has 2 aromatic rings. The quantitative estimate of drug-likeness (QED) is 0.651. The van der Waals surface area contributed by atoms with Crippen LogP contribution in [0.2, 0.25) is 0 Å². The SMILES string of the molecule is O=C(Nc1ncccc1O)[C@@H]1CC(c2ccccc2[N+](=O)[O-])=NO1. The summed E-state index contributed by atoms with van der Waals surface area (Å²) >= 11 is 0. The third-order valence-corrected chi connectivity index (χ3v) is 3.40. The molecule has 0 unspecified atom stereocenters. The van der Waals surface area contributed by atoms with Crippen LogP contribution in [0.15, 0.2) is 47.8 Å². The number of amides is 1. The van der Waals surface area contributed by atoms with E-state index in [0.717, 1.165) is 0 Å². The maximum absolute atomic E-state index is 12.2. The minimum atomic E-state index is -0.957. The van der Waals surface area contributed by atoms with Crippen molar-refractivity contribution in [2.24, 2.45) is 5.16 Å². The zero-order valence-electron chi connectivity index (χ0n) is 12.2. The van der Waals surface area contributed by atoms with Crippen LogP contribution in [0.5, 0.6) is 5.75 Å². The van der Waals surface area contributed by atoms with Crippen molar-refractivity contribution in [3.63, 3.8) is 0 Å². The summed E-state index contributed by atoms with van der Waals surface area (Å²) in [5, 5.41) is 26.9. The molecule has 0 fully saturated rings. The van der Waals surface area contributed by atoms with Crippen LogP contribution in [0.3, 0.4) is 0 Å². The Bertz CT molecular complexity index is 836. The molecule has 1 aromatic carbocycles. The maximum atomic E-state index is 12.2. The van der Waals surface area contributed by atoms with Crippen molar-refractivity contribution in [3.05, 3.63) is 58.3 Å². The first-order valence-electron chi connectivity index (χ1n) is 6.97. The third-order valence-electron chi connectivity index (χ3n) is 3.40. The molecule has 1 aliphatic rings. The molecule has 2 heterocycles. The van der Waals surface area contributed by atoms with Crippen LogP contribution >= 0.6 is 0 Å².